The molecule has 1 heterocycles. The lowest BCUT2D eigenvalue weighted by Gasteiger charge is -2.32. The van der Waals surface area contributed by atoms with Gasteiger partial charge in [-0.1, -0.05) is 29.8 Å². The predicted molar refractivity (Wildman–Crippen MR) is 114 cm³/mol. The average Bonchev–Trinajstić information content (AvgIpc) is 2.73. The number of nitrogens with one attached hydrogen (secondary N) is 2. The molecule has 2 aromatic rings. The van der Waals surface area contributed by atoms with Crippen molar-refractivity contribution in [3.05, 3.63) is 70.8 Å². The number of para-hydroxylation sites is 1. The number of carbonyl (C=O) groups is 2. The van der Waals surface area contributed by atoms with Gasteiger partial charge in [0.1, 0.15) is 0 Å². The van der Waals surface area contributed by atoms with Crippen LogP contribution in [0.4, 0.5) is 23.7 Å². The standard InChI is InChI=1S/C22H21ClF3N3O2/c23-19-8-7-16(22(24,25)26)14-15(19)6-9-20(30)27-18-10-12-29(13-11-18)21(31)28-17-4-2-1-3-5-17/h1-9,14,18H,10-13H2,(H,27,30)(H,28,31)/b9-6+. The Bertz CT molecular complexity index is 956. The first-order chi connectivity index (χ1) is 14.7. The van der Waals surface area contributed by atoms with Gasteiger partial charge in [0.2, 0.25) is 5.91 Å². The summed E-state index contributed by atoms with van der Waals surface area (Å²) in [5.41, 5.74) is -0.0153. The van der Waals surface area contributed by atoms with Crippen LogP contribution in [0.1, 0.15) is 24.0 Å². The zero-order chi connectivity index (χ0) is 22.4. The molecule has 0 bridgehead atoms. The Balaban J connectivity index is 1.49. The van der Waals surface area contributed by atoms with E-state index in [1.54, 1.807) is 17.0 Å². The van der Waals surface area contributed by atoms with E-state index in [0.717, 1.165) is 24.3 Å². The normalized spacial score (nSPS) is 15.2. The molecule has 5 nitrogen and oxygen atoms in total. The van der Waals surface area contributed by atoms with Crippen molar-refractivity contribution in [3.8, 4) is 0 Å². The van der Waals surface area contributed by atoms with E-state index in [1.165, 1.54) is 6.08 Å². The molecule has 1 saturated heterocycles. The number of hydrogen-bond acceptors (Lipinski definition) is 2. The molecule has 0 spiro atoms. The van der Waals surface area contributed by atoms with Crippen LogP contribution in [-0.2, 0) is 11.0 Å². The number of rotatable bonds is 4. The third-order valence-corrected chi connectivity index (χ3v) is 5.24. The summed E-state index contributed by atoms with van der Waals surface area (Å²) < 4.78 is 38.5. The fourth-order valence-electron chi connectivity index (χ4n) is 3.21. The van der Waals surface area contributed by atoms with Crippen LogP contribution < -0.4 is 10.6 Å². The van der Waals surface area contributed by atoms with E-state index >= 15 is 0 Å². The molecule has 1 aliphatic heterocycles. The van der Waals surface area contributed by atoms with Crippen molar-refractivity contribution in [2.75, 3.05) is 18.4 Å². The molecule has 0 atom stereocenters. The zero-order valence-electron chi connectivity index (χ0n) is 16.5. The molecule has 2 aromatic carbocycles. The molecule has 0 saturated carbocycles. The van der Waals surface area contributed by atoms with Gasteiger partial charge < -0.3 is 15.5 Å². The summed E-state index contributed by atoms with van der Waals surface area (Å²) >= 11 is 5.93. The summed E-state index contributed by atoms with van der Waals surface area (Å²) in [5, 5.41) is 5.76. The van der Waals surface area contributed by atoms with E-state index in [2.05, 4.69) is 10.6 Å². The summed E-state index contributed by atoms with van der Waals surface area (Å²) in [5.74, 6) is -0.430. The van der Waals surface area contributed by atoms with E-state index in [4.69, 9.17) is 11.6 Å². The minimum absolute atomic E-state index is 0.110. The number of likely N-dealkylation sites (tertiary alicyclic amines) is 1. The van der Waals surface area contributed by atoms with Gasteiger partial charge in [-0.2, -0.15) is 13.2 Å². The Hall–Kier alpha value is -3.00. The monoisotopic (exact) mass is 451 g/mol. The molecule has 9 heteroatoms. The molecule has 0 aliphatic carbocycles. The highest BCUT2D eigenvalue weighted by Crippen LogP contribution is 2.32. The largest absolute Gasteiger partial charge is 0.416 e. The molecule has 0 unspecified atom stereocenters. The number of carbonyl (C=O) groups excluding carboxylic acids is 2. The number of urea groups is 1. The first-order valence-corrected chi connectivity index (χ1v) is 10.1. The highest BCUT2D eigenvalue weighted by molar-refractivity contribution is 6.32. The predicted octanol–water partition coefficient (Wildman–Crippen LogP) is 5.18. The lowest BCUT2D eigenvalue weighted by Crippen LogP contribution is -2.47. The summed E-state index contributed by atoms with van der Waals surface area (Å²) in [6.45, 7) is 0.958. The fraction of sp³-hybridized carbons (Fsp3) is 0.273. The summed E-state index contributed by atoms with van der Waals surface area (Å²) in [6, 6.07) is 11.7. The SMILES string of the molecule is O=C(/C=C/c1cc(C(F)(F)F)ccc1Cl)NC1CCN(C(=O)Nc2ccccc2)CC1. The smallest absolute Gasteiger partial charge is 0.350 e. The van der Waals surface area contributed by atoms with Crippen LogP contribution in [0.15, 0.2) is 54.6 Å². The minimum Gasteiger partial charge on any atom is -0.350 e. The van der Waals surface area contributed by atoms with Gasteiger partial charge in [0.05, 0.1) is 5.56 Å². The fourth-order valence-corrected chi connectivity index (χ4v) is 3.39. The molecule has 0 aromatic heterocycles. The second kappa shape index (κ2) is 9.87. The van der Waals surface area contributed by atoms with Gasteiger partial charge in [-0.05, 0) is 54.8 Å². The number of halogens is 4. The average molecular weight is 452 g/mol. The lowest BCUT2D eigenvalue weighted by atomic mass is 10.1. The first-order valence-electron chi connectivity index (χ1n) is 9.68. The zero-order valence-corrected chi connectivity index (χ0v) is 17.2. The van der Waals surface area contributed by atoms with Gasteiger partial charge in [0.15, 0.2) is 0 Å². The van der Waals surface area contributed by atoms with E-state index in [-0.39, 0.29) is 22.7 Å². The van der Waals surface area contributed by atoms with E-state index in [0.29, 0.717) is 31.6 Å². The van der Waals surface area contributed by atoms with Crippen molar-refractivity contribution < 1.29 is 22.8 Å². The number of alkyl halides is 3. The molecular formula is C22H21ClF3N3O2. The maximum absolute atomic E-state index is 12.8. The molecule has 0 radical (unpaired) electrons. The van der Waals surface area contributed by atoms with Crippen molar-refractivity contribution in [2.45, 2.75) is 25.1 Å². The maximum Gasteiger partial charge on any atom is 0.416 e. The van der Waals surface area contributed by atoms with Gasteiger partial charge in [-0.3, -0.25) is 4.79 Å². The number of hydrogen-bond donors (Lipinski definition) is 2. The molecule has 3 amide bonds. The number of amides is 3. The van der Waals surface area contributed by atoms with Crippen LogP contribution in [-0.4, -0.2) is 36.0 Å². The third-order valence-electron chi connectivity index (χ3n) is 4.89. The van der Waals surface area contributed by atoms with Crippen molar-refractivity contribution in [2.24, 2.45) is 0 Å². The van der Waals surface area contributed by atoms with Crippen LogP contribution in [0.5, 0.6) is 0 Å². The van der Waals surface area contributed by atoms with E-state index in [9.17, 15) is 22.8 Å². The maximum atomic E-state index is 12.8. The Kier molecular flexibility index (Phi) is 7.22. The minimum atomic E-state index is -4.49. The highest BCUT2D eigenvalue weighted by Gasteiger charge is 2.30. The summed E-state index contributed by atoms with van der Waals surface area (Å²) in [4.78, 5) is 26.2. The number of piperidine rings is 1. The second-order valence-electron chi connectivity index (χ2n) is 7.13. The van der Waals surface area contributed by atoms with Gasteiger partial charge in [0, 0.05) is 35.9 Å². The topological polar surface area (TPSA) is 61.4 Å². The lowest BCUT2D eigenvalue weighted by molar-refractivity contribution is -0.137. The van der Waals surface area contributed by atoms with E-state index < -0.39 is 17.6 Å². The molecule has 2 N–H and O–H groups in total. The molecule has 1 aliphatic rings. The first kappa shape index (κ1) is 22.7. The molecule has 31 heavy (non-hydrogen) atoms. The summed E-state index contributed by atoms with van der Waals surface area (Å²) in [7, 11) is 0. The van der Waals surface area contributed by atoms with Gasteiger partial charge >= 0.3 is 12.2 Å². The van der Waals surface area contributed by atoms with Crippen molar-refractivity contribution in [3.63, 3.8) is 0 Å². The Morgan fingerprint density at radius 3 is 2.39 bits per heavy atom. The Morgan fingerprint density at radius 2 is 1.74 bits per heavy atom. The molecule has 164 valence electrons. The Labute approximate surface area is 182 Å². The number of nitrogens with zero attached hydrogens (tertiary/aromatic N) is 1. The van der Waals surface area contributed by atoms with Crippen molar-refractivity contribution in [1.29, 1.82) is 0 Å². The quantitative estimate of drug-likeness (QED) is 0.629. The van der Waals surface area contributed by atoms with Gasteiger partial charge in [0.25, 0.3) is 0 Å². The van der Waals surface area contributed by atoms with Crippen molar-refractivity contribution >= 4 is 35.3 Å². The molecule has 3 rings (SSSR count). The van der Waals surface area contributed by atoms with E-state index in [1.807, 2.05) is 18.2 Å². The van der Waals surface area contributed by atoms with Gasteiger partial charge in [-0.25, -0.2) is 4.79 Å². The highest BCUT2D eigenvalue weighted by atomic mass is 35.5. The van der Waals surface area contributed by atoms with Crippen LogP contribution in [0.3, 0.4) is 0 Å². The summed E-state index contributed by atoms with van der Waals surface area (Å²) in [6.07, 6.45) is -0.917. The van der Waals surface area contributed by atoms with Crippen molar-refractivity contribution in [1.82, 2.24) is 10.2 Å². The van der Waals surface area contributed by atoms with Crippen LogP contribution in [0, 0.1) is 0 Å². The third kappa shape index (κ3) is 6.49. The van der Waals surface area contributed by atoms with Crippen LogP contribution in [0.25, 0.3) is 6.08 Å². The Morgan fingerprint density at radius 1 is 1.06 bits per heavy atom. The van der Waals surface area contributed by atoms with Gasteiger partial charge in [-0.15, -0.1) is 0 Å². The van der Waals surface area contributed by atoms with Crippen LogP contribution >= 0.6 is 11.6 Å². The van der Waals surface area contributed by atoms with Crippen LogP contribution in [0.2, 0.25) is 5.02 Å². The molecule has 1 fully saturated rings. The number of anilines is 1. The molecular weight excluding hydrogens is 431 g/mol. The number of benzene rings is 2. The second-order valence-corrected chi connectivity index (χ2v) is 7.54.